The van der Waals surface area contributed by atoms with Crippen LogP contribution in [0.15, 0.2) is 49.1 Å². The zero-order chi connectivity index (χ0) is 17.7. The summed E-state index contributed by atoms with van der Waals surface area (Å²) in [5.41, 5.74) is 1.57. The summed E-state index contributed by atoms with van der Waals surface area (Å²) in [7, 11) is 3.20. The van der Waals surface area contributed by atoms with Crippen LogP contribution < -0.4 is 9.47 Å². The first-order chi connectivity index (χ1) is 11.5. The summed E-state index contributed by atoms with van der Waals surface area (Å²) in [6, 6.07) is 10.7. The van der Waals surface area contributed by atoms with Crippen LogP contribution in [-0.2, 0) is 0 Å². The van der Waals surface area contributed by atoms with Crippen molar-refractivity contribution in [1.29, 1.82) is 0 Å². The molecule has 3 nitrogen and oxygen atoms in total. The van der Waals surface area contributed by atoms with Gasteiger partial charge in [-0.3, -0.25) is 0 Å². The smallest absolute Gasteiger partial charge is 0.126 e. The maximum absolute atomic E-state index is 10.6. The van der Waals surface area contributed by atoms with E-state index in [9.17, 15) is 5.11 Å². The minimum absolute atomic E-state index is 0.104. The number of aliphatic hydroxyl groups is 1. The molecule has 128 valence electrons. The van der Waals surface area contributed by atoms with Crippen LogP contribution in [0.5, 0.6) is 11.5 Å². The Morgan fingerprint density at radius 2 is 1.79 bits per heavy atom. The lowest BCUT2D eigenvalue weighted by molar-refractivity contribution is 0.162. The van der Waals surface area contributed by atoms with E-state index in [2.05, 4.69) is 6.58 Å². The first kappa shape index (κ1) is 18.7. The Balaban J connectivity index is 2.27. The third-order valence-electron chi connectivity index (χ3n) is 3.92. The monoisotopic (exact) mass is 366 g/mol. The van der Waals surface area contributed by atoms with Gasteiger partial charge in [-0.2, -0.15) is 0 Å². The molecule has 0 amide bonds. The third-order valence-corrected chi connectivity index (χ3v) is 4.49. The van der Waals surface area contributed by atoms with Crippen molar-refractivity contribution < 1.29 is 14.6 Å². The van der Waals surface area contributed by atoms with E-state index in [1.165, 1.54) is 0 Å². The molecule has 0 spiro atoms. The lowest BCUT2D eigenvalue weighted by Crippen LogP contribution is -2.06. The highest BCUT2D eigenvalue weighted by atomic mass is 35.5. The van der Waals surface area contributed by atoms with Crippen molar-refractivity contribution in [1.82, 2.24) is 0 Å². The lowest BCUT2D eigenvalue weighted by atomic mass is 9.90. The quantitative estimate of drug-likeness (QED) is 0.666. The van der Waals surface area contributed by atoms with E-state index in [0.717, 1.165) is 5.56 Å². The van der Waals surface area contributed by atoms with Crippen LogP contribution in [0, 0.1) is 0 Å². The number of aliphatic hydroxyl groups excluding tert-OH is 1. The zero-order valence-corrected chi connectivity index (χ0v) is 15.1. The van der Waals surface area contributed by atoms with E-state index in [1.807, 2.05) is 18.2 Å². The fourth-order valence-corrected chi connectivity index (χ4v) is 3.15. The van der Waals surface area contributed by atoms with Crippen LogP contribution in [0.4, 0.5) is 0 Å². The van der Waals surface area contributed by atoms with Gasteiger partial charge in [0.2, 0.25) is 0 Å². The van der Waals surface area contributed by atoms with Crippen molar-refractivity contribution in [3.63, 3.8) is 0 Å². The Kier molecular flexibility index (Phi) is 6.55. The van der Waals surface area contributed by atoms with Gasteiger partial charge >= 0.3 is 0 Å². The van der Waals surface area contributed by atoms with Gasteiger partial charge in [0.15, 0.2) is 0 Å². The molecular weight excluding hydrogens is 347 g/mol. The molecule has 24 heavy (non-hydrogen) atoms. The average molecular weight is 367 g/mol. The van der Waals surface area contributed by atoms with E-state index in [4.69, 9.17) is 32.7 Å². The number of rotatable bonds is 7. The number of hydrogen-bond acceptors (Lipinski definition) is 3. The molecule has 0 radical (unpaired) electrons. The summed E-state index contributed by atoms with van der Waals surface area (Å²) in [6.45, 7) is 3.89. The van der Waals surface area contributed by atoms with Gasteiger partial charge in [-0.1, -0.05) is 41.4 Å². The number of hydrogen-bond donors (Lipinski definition) is 1. The SMILES string of the molecule is C=CC(CC(O)c1ccc(Cl)cc1Cl)c1ccc(OC)cc1OC. The molecule has 2 unspecified atom stereocenters. The van der Waals surface area contributed by atoms with Crippen molar-refractivity contribution in [3.8, 4) is 11.5 Å². The molecule has 0 heterocycles. The second-order valence-electron chi connectivity index (χ2n) is 5.37. The maximum atomic E-state index is 10.6. The molecule has 0 fully saturated rings. The molecule has 2 atom stereocenters. The van der Waals surface area contributed by atoms with Gasteiger partial charge in [0.25, 0.3) is 0 Å². The van der Waals surface area contributed by atoms with Crippen molar-refractivity contribution in [2.45, 2.75) is 18.4 Å². The maximum Gasteiger partial charge on any atom is 0.126 e. The van der Waals surface area contributed by atoms with E-state index in [1.54, 1.807) is 38.5 Å². The van der Waals surface area contributed by atoms with Crippen LogP contribution in [0.25, 0.3) is 0 Å². The summed E-state index contributed by atoms with van der Waals surface area (Å²) < 4.78 is 10.7. The Hall–Kier alpha value is -1.68. The topological polar surface area (TPSA) is 38.7 Å². The normalized spacial score (nSPS) is 13.2. The summed E-state index contributed by atoms with van der Waals surface area (Å²) in [4.78, 5) is 0. The summed E-state index contributed by atoms with van der Waals surface area (Å²) in [6.07, 6.45) is 1.47. The molecule has 2 rings (SSSR count). The zero-order valence-electron chi connectivity index (χ0n) is 13.6. The summed E-state index contributed by atoms with van der Waals surface area (Å²) in [5.74, 6) is 1.29. The minimum atomic E-state index is -0.746. The van der Waals surface area contributed by atoms with Crippen LogP contribution in [0.2, 0.25) is 10.0 Å². The van der Waals surface area contributed by atoms with Crippen molar-refractivity contribution >= 4 is 23.2 Å². The highest BCUT2D eigenvalue weighted by Gasteiger charge is 2.20. The Morgan fingerprint density at radius 3 is 2.38 bits per heavy atom. The molecule has 0 aliphatic rings. The van der Waals surface area contributed by atoms with E-state index in [-0.39, 0.29) is 5.92 Å². The van der Waals surface area contributed by atoms with Gasteiger partial charge in [-0.15, -0.1) is 6.58 Å². The molecule has 1 N–H and O–H groups in total. The van der Waals surface area contributed by atoms with Gasteiger partial charge in [-0.05, 0) is 30.2 Å². The number of ether oxygens (including phenoxy) is 2. The molecule has 0 bridgehead atoms. The molecule has 0 saturated heterocycles. The first-order valence-corrected chi connectivity index (χ1v) is 8.23. The summed E-state index contributed by atoms with van der Waals surface area (Å²) >= 11 is 12.1. The highest BCUT2D eigenvalue weighted by molar-refractivity contribution is 6.35. The molecule has 0 aliphatic heterocycles. The second kappa shape index (κ2) is 8.43. The fraction of sp³-hybridized carbons (Fsp3) is 0.263. The van der Waals surface area contributed by atoms with E-state index in [0.29, 0.717) is 33.5 Å². The van der Waals surface area contributed by atoms with Crippen LogP contribution in [0.3, 0.4) is 0 Å². The number of benzene rings is 2. The Bertz CT molecular complexity index is 716. The molecule has 2 aromatic rings. The van der Waals surface area contributed by atoms with Crippen molar-refractivity contribution in [2.75, 3.05) is 14.2 Å². The molecule has 0 saturated carbocycles. The second-order valence-corrected chi connectivity index (χ2v) is 6.21. The number of halogens is 2. The van der Waals surface area contributed by atoms with E-state index >= 15 is 0 Å². The fourth-order valence-electron chi connectivity index (χ4n) is 2.61. The third kappa shape index (κ3) is 4.23. The molecule has 0 aliphatic carbocycles. The summed E-state index contributed by atoms with van der Waals surface area (Å²) in [5, 5.41) is 11.6. The van der Waals surface area contributed by atoms with Crippen LogP contribution in [-0.4, -0.2) is 19.3 Å². The Morgan fingerprint density at radius 1 is 1.08 bits per heavy atom. The van der Waals surface area contributed by atoms with Gasteiger partial charge in [0.1, 0.15) is 11.5 Å². The number of methoxy groups -OCH3 is 2. The molecule has 2 aromatic carbocycles. The average Bonchev–Trinajstić information content (AvgIpc) is 2.58. The molecule has 5 heteroatoms. The minimum Gasteiger partial charge on any atom is -0.497 e. The Labute approximate surface area is 152 Å². The molecule has 0 aromatic heterocycles. The van der Waals surface area contributed by atoms with Gasteiger partial charge < -0.3 is 14.6 Å². The van der Waals surface area contributed by atoms with Crippen molar-refractivity contribution in [3.05, 3.63) is 70.2 Å². The standard InChI is InChI=1S/C19H20Cl2O3/c1-4-12(15-8-6-14(23-2)11-19(15)24-3)9-18(22)16-7-5-13(20)10-17(16)21/h4-8,10-12,18,22H,1,9H2,2-3H3. The predicted octanol–water partition coefficient (Wildman–Crippen LogP) is 5.40. The van der Waals surface area contributed by atoms with Crippen LogP contribution in [0.1, 0.15) is 29.6 Å². The largest absolute Gasteiger partial charge is 0.497 e. The first-order valence-electron chi connectivity index (χ1n) is 7.47. The number of allylic oxidation sites excluding steroid dienone is 1. The van der Waals surface area contributed by atoms with Crippen LogP contribution >= 0.6 is 23.2 Å². The highest BCUT2D eigenvalue weighted by Crippen LogP contribution is 2.38. The van der Waals surface area contributed by atoms with Gasteiger partial charge in [0.05, 0.1) is 20.3 Å². The predicted molar refractivity (Wildman–Crippen MR) is 98.5 cm³/mol. The van der Waals surface area contributed by atoms with Gasteiger partial charge in [0, 0.05) is 27.6 Å². The van der Waals surface area contributed by atoms with Crippen molar-refractivity contribution in [2.24, 2.45) is 0 Å². The van der Waals surface area contributed by atoms with Gasteiger partial charge in [-0.25, -0.2) is 0 Å². The lowest BCUT2D eigenvalue weighted by Gasteiger charge is -2.21. The van der Waals surface area contributed by atoms with E-state index < -0.39 is 6.10 Å². The molecular formula is C19H20Cl2O3.